The Bertz CT molecular complexity index is 473. The first-order chi connectivity index (χ1) is 6.18. The Balaban J connectivity index is 2.70. The molecule has 0 radical (unpaired) electrons. The van der Waals surface area contributed by atoms with Crippen molar-refractivity contribution in [1.29, 1.82) is 0 Å². The first kappa shape index (κ1) is 8.73. The summed E-state index contributed by atoms with van der Waals surface area (Å²) >= 11 is 7.49. The molecule has 0 unspecified atom stereocenters. The summed E-state index contributed by atoms with van der Waals surface area (Å²) in [5, 5.41) is 3.67. The number of benzene rings is 1. The van der Waals surface area contributed by atoms with Crippen LogP contribution < -0.4 is 0 Å². The van der Waals surface area contributed by atoms with E-state index in [1.807, 2.05) is 23.6 Å². The lowest BCUT2D eigenvalue weighted by Crippen LogP contribution is -1.89. The van der Waals surface area contributed by atoms with Crippen LogP contribution in [0, 0.1) is 0 Å². The normalized spacial score (nSPS) is 10.6. The first-order valence-electron chi connectivity index (χ1n) is 3.86. The zero-order chi connectivity index (χ0) is 9.42. The van der Waals surface area contributed by atoms with E-state index >= 15 is 0 Å². The quantitative estimate of drug-likeness (QED) is 0.655. The third-order valence-corrected chi connectivity index (χ3v) is 3.32. The maximum Gasteiger partial charge on any atom is 0.159 e. The number of rotatable bonds is 1. The van der Waals surface area contributed by atoms with Gasteiger partial charge in [-0.15, -0.1) is 11.3 Å². The molecule has 0 N–H and O–H groups in total. The van der Waals surface area contributed by atoms with E-state index in [4.69, 9.17) is 11.6 Å². The molecule has 3 heteroatoms. The van der Waals surface area contributed by atoms with Gasteiger partial charge in [-0.1, -0.05) is 23.7 Å². The highest BCUT2D eigenvalue weighted by atomic mass is 35.5. The molecular formula is C10H7ClOS. The second-order valence-electron chi connectivity index (χ2n) is 2.85. The maximum atomic E-state index is 11.1. The SMILES string of the molecule is CC(=O)c1ccc2c(Cl)csc2c1. The number of thiophene rings is 1. The highest BCUT2D eigenvalue weighted by molar-refractivity contribution is 7.17. The minimum atomic E-state index is 0.0893. The van der Waals surface area contributed by atoms with Crippen LogP contribution in [0.4, 0.5) is 0 Å². The predicted octanol–water partition coefficient (Wildman–Crippen LogP) is 3.76. The van der Waals surface area contributed by atoms with Crippen molar-refractivity contribution in [2.24, 2.45) is 0 Å². The lowest BCUT2D eigenvalue weighted by molar-refractivity contribution is 0.101. The molecule has 1 heterocycles. The van der Waals surface area contributed by atoms with Crippen LogP contribution in [-0.4, -0.2) is 5.78 Å². The van der Waals surface area contributed by atoms with Gasteiger partial charge in [0.05, 0.1) is 5.02 Å². The van der Waals surface area contributed by atoms with E-state index in [1.54, 1.807) is 18.3 Å². The monoisotopic (exact) mass is 210 g/mol. The van der Waals surface area contributed by atoms with Crippen LogP contribution in [0.5, 0.6) is 0 Å². The lowest BCUT2D eigenvalue weighted by Gasteiger charge is -1.95. The zero-order valence-electron chi connectivity index (χ0n) is 7.00. The zero-order valence-corrected chi connectivity index (χ0v) is 8.58. The molecule has 0 saturated carbocycles. The van der Waals surface area contributed by atoms with Crippen molar-refractivity contribution < 1.29 is 4.79 Å². The molecule has 2 aromatic rings. The van der Waals surface area contributed by atoms with Crippen molar-refractivity contribution >= 4 is 38.8 Å². The summed E-state index contributed by atoms with van der Waals surface area (Å²) < 4.78 is 1.07. The average molecular weight is 211 g/mol. The van der Waals surface area contributed by atoms with Crippen LogP contribution in [-0.2, 0) is 0 Å². The molecule has 13 heavy (non-hydrogen) atoms. The molecule has 0 spiro atoms. The largest absolute Gasteiger partial charge is 0.295 e. The molecule has 0 aliphatic heterocycles. The average Bonchev–Trinajstić information content (AvgIpc) is 2.47. The molecule has 0 fully saturated rings. The van der Waals surface area contributed by atoms with E-state index in [1.165, 1.54) is 0 Å². The maximum absolute atomic E-state index is 11.1. The molecule has 0 aliphatic rings. The van der Waals surface area contributed by atoms with E-state index < -0.39 is 0 Å². The number of carbonyl (C=O) groups excluding carboxylic acids is 1. The number of Topliss-reactive ketones (excluding diaryl/α,β-unsaturated/α-hetero) is 1. The van der Waals surface area contributed by atoms with Gasteiger partial charge >= 0.3 is 0 Å². The van der Waals surface area contributed by atoms with Crippen LogP contribution in [0.3, 0.4) is 0 Å². The van der Waals surface area contributed by atoms with E-state index in [9.17, 15) is 4.79 Å². The van der Waals surface area contributed by atoms with Crippen LogP contribution in [0.1, 0.15) is 17.3 Å². The van der Waals surface area contributed by atoms with Crippen molar-refractivity contribution in [3.8, 4) is 0 Å². The van der Waals surface area contributed by atoms with E-state index in [0.29, 0.717) is 0 Å². The van der Waals surface area contributed by atoms with Crippen molar-refractivity contribution in [3.05, 3.63) is 34.2 Å². The number of halogens is 1. The van der Waals surface area contributed by atoms with Gasteiger partial charge in [-0.3, -0.25) is 4.79 Å². The molecule has 0 saturated heterocycles. The van der Waals surface area contributed by atoms with Gasteiger partial charge in [-0.05, 0) is 13.0 Å². The van der Waals surface area contributed by atoms with Gasteiger partial charge in [0.25, 0.3) is 0 Å². The van der Waals surface area contributed by atoms with Crippen LogP contribution in [0.15, 0.2) is 23.6 Å². The molecule has 0 bridgehead atoms. The van der Waals surface area contributed by atoms with Gasteiger partial charge in [-0.2, -0.15) is 0 Å². The van der Waals surface area contributed by atoms with E-state index in [0.717, 1.165) is 20.7 Å². The molecule has 0 aliphatic carbocycles. The fraction of sp³-hybridized carbons (Fsp3) is 0.100. The fourth-order valence-electron chi connectivity index (χ4n) is 1.21. The van der Waals surface area contributed by atoms with Gasteiger partial charge in [0, 0.05) is 21.0 Å². The summed E-state index contributed by atoms with van der Waals surface area (Å²) in [6, 6.07) is 5.59. The summed E-state index contributed by atoms with van der Waals surface area (Å²) in [6.45, 7) is 1.57. The highest BCUT2D eigenvalue weighted by Gasteiger charge is 2.04. The van der Waals surface area contributed by atoms with Crippen LogP contribution in [0.2, 0.25) is 5.02 Å². The third-order valence-electron chi connectivity index (χ3n) is 1.93. The lowest BCUT2D eigenvalue weighted by atomic mass is 10.1. The minimum Gasteiger partial charge on any atom is -0.295 e. The van der Waals surface area contributed by atoms with Crippen molar-refractivity contribution in [3.63, 3.8) is 0 Å². The van der Waals surface area contributed by atoms with Crippen molar-refractivity contribution in [2.75, 3.05) is 0 Å². The van der Waals surface area contributed by atoms with Gasteiger partial charge in [0.2, 0.25) is 0 Å². The minimum absolute atomic E-state index is 0.0893. The smallest absolute Gasteiger partial charge is 0.159 e. The van der Waals surface area contributed by atoms with E-state index in [-0.39, 0.29) is 5.78 Å². The summed E-state index contributed by atoms with van der Waals surface area (Å²) in [7, 11) is 0. The Labute approximate surface area is 84.9 Å². The van der Waals surface area contributed by atoms with Crippen molar-refractivity contribution in [2.45, 2.75) is 6.92 Å². The third kappa shape index (κ3) is 1.47. The number of hydrogen-bond acceptors (Lipinski definition) is 2. The number of carbonyl (C=O) groups is 1. The summed E-state index contributed by atoms with van der Waals surface area (Å²) in [5.74, 6) is 0.0893. The number of fused-ring (bicyclic) bond motifs is 1. The second-order valence-corrected chi connectivity index (χ2v) is 4.17. The molecule has 0 amide bonds. The predicted molar refractivity (Wildman–Crippen MR) is 56.8 cm³/mol. The Morgan fingerprint density at radius 1 is 1.46 bits per heavy atom. The molecule has 66 valence electrons. The summed E-state index contributed by atoms with van der Waals surface area (Å²) in [5.41, 5.74) is 0.742. The Morgan fingerprint density at radius 2 is 2.23 bits per heavy atom. The van der Waals surface area contributed by atoms with Gasteiger partial charge in [0.1, 0.15) is 0 Å². The van der Waals surface area contributed by atoms with Crippen LogP contribution >= 0.6 is 22.9 Å². The molecule has 1 nitrogen and oxygen atoms in total. The fourth-order valence-corrected chi connectivity index (χ4v) is 2.43. The number of ketones is 1. The van der Waals surface area contributed by atoms with Gasteiger partial charge in [0.15, 0.2) is 5.78 Å². The second kappa shape index (κ2) is 3.13. The molecule has 2 rings (SSSR count). The van der Waals surface area contributed by atoms with Crippen molar-refractivity contribution in [1.82, 2.24) is 0 Å². The topological polar surface area (TPSA) is 17.1 Å². The van der Waals surface area contributed by atoms with Gasteiger partial charge < -0.3 is 0 Å². The number of hydrogen-bond donors (Lipinski definition) is 0. The summed E-state index contributed by atoms with van der Waals surface area (Å²) in [4.78, 5) is 11.1. The Kier molecular flexibility index (Phi) is 2.10. The molecular weight excluding hydrogens is 204 g/mol. The van der Waals surface area contributed by atoms with E-state index in [2.05, 4.69) is 0 Å². The Morgan fingerprint density at radius 3 is 2.92 bits per heavy atom. The first-order valence-corrected chi connectivity index (χ1v) is 5.12. The molecule has 0 atom stereocenters. The summed E-state index contributed by atoms with van der Waals surface area (Å²) in [6.07, 6.45) is 0. The van der Waals surface area contributed by atoms with Crippen LogP contribution in [0.25, 0.3) is 10.1 Å². The molecule has 1 aromatic carbocycles. The van der Waals surface area contributed by atoms with Gasteiger partial charge in [-0.25, -0.2) is 0 Å². The Hall–Kier alpha value is -0.860. The molecule has 1 aromatic heterocycles. The highest BCUT2D eigenvalue weighted by Crippen LogP contribution is 2.30. The standard InChI is InChI=1S/C10H7ClOS/c1-6(12)7-2-3-8-9(11)5-13-10(8)4-7/h2-5H,1H3.